The molecule has 0 fully saturated rings. The van der Waals surface area contributed by atoms with Crippen LogP contribution in [0.3, 0.4) is 0 Å². The second-order valence-corrected chi connectivity index (χ2v) is 5.75. The molecule has 1 heterocycles. The molecule has 6 nitrogen and oxygen atoms in total. The van der Waals surface area contributed by atoms with E-state index in [2.05, 4.69) is 15.8 Å². The van der Waals surface area contributed by atoms with Gasteiger partial charge in [-0.15, -0.1) is 0 Å². The second kappa shape index (κ2) is 8.09. The Morgan fingerprint density at radius 3 is 2.46 bits per heavy atom. The summed E-state index contributed by atoms with van der Waals surface area (Å²) < 4.78 is 1.89. The Kier molecular flexibility index (Phi) is 5.40. The van der Waals surface area contributed by atoms with Crippen molar-refractivity contribution >= 4 is 35.2 Å². The maximum atomic E-state index is 10.9. The van der Waals surface area contributed by atoms with Gasteiger partial charge in [-0.2, -0.15) is 5.10 Å². The summed E-state index contributed by atoms with van der Waals surface area (Å²) in [7, 11) is 0. The smallest absolute Gasteiger partial charge is 0.335 e. The Balaban J connectivity index is 1.66. The molecule has 0 unspecified atom stereocenters. The molecule has 3 aromatic rings. The van der Waals surface area contributed by atoms with Crippen molar-refractivity contribution < 1.29 is 9.90 Å². The highest BCUT2D eigenvalue weighted by atomic mass is 32.1. The number of carboxylic acids is 1. The number of hydrogen-bond donors (Lipinski definition) is 3. The number of carboxylic acid groups (broad SMARTS) is 1. The van der Waals surface area contributed by atoms with E-state index in [1.165, 1.54) is 0 Å². The van der Waals surface area contributed by atoms with E-state index < -0.39 is 5.97 Å². The van der Waals surface area contributed by atoms with Crippen LogP contribution >= 0.6 is 12.2 Å². The number of anilines is 1. The standard InChI is InChI=1S/C19H16N4O2S/c24-18(25)14-8-10-16(11-9-14)23-12-4-7-17(23)13-20-22-19(26)21-15-5-2-1-3-6-15/h1-13H,(H,24,25)(H2,21,22,26)/b20-13+. The van der Waals surface area contributed by atoms with Gasteiger partial charge in [0.2, 0.25) is 0 Å². The average molecular weight is 364 g/mol. The summed E-state index contributed by atoms with van der Waals surface area (Å²) in [6.07, 6.45) is 3.52. The Labute approximate surface area is 155 Å². The number of hydrazone groups is 1. The van der Waals surface area contributed by atoms with Gasteiger partial charge in [-0.25, -0.2) is 4.79 Å². The molecule has 26 heavy (non-hydrogen) atoms. The molecule has 0 aliphatic rings. The zero-order valence-corrected chi connectivity index (χ0v) is 14.5. The summed E-state index contributed by atoms with van der Waals surface area (Å²) in [6, 6.07) is 20.0. The monoisotopic (exact) mass is 364 g/mol. The second-order valence-electron chi connectivity index (χ2n) is 5.35. The summed E-state index contributed by atoms with van der Waals surface area (Å²) in [5.74, 6) is -0.950. The quantitative estimate of drug-likeness (QED) is 0.367. The molecule has 0 amide bonds. The fourth-order valence-corrected chi connectivity index (χ4v) is 2.51. The minimum Gasteiger partial charge on any atom is -0.478 e. The van der Waals surface area contributed by atoms with Gasteiger partial charge in [-0.3, -0.25) is 5.43 Å². The van der Waals surface area contributed by atoms with Crippen LogP contribution in [-0.2, 0) is 0 Å². The highest BCUT2D eigenvalue weighted by molar-refractivity contribution is 7.80. The topological polar surface area (TPSA) is 78.6 Å². The van der Waals surface area contributed by atoms with Crippen molar-refractivity contribution in [1.29, 1.82) is 0 Å². The number of thiocarbonyl (C=S) groups is 1. The fourth-order valence-electron chi connectivity index (χ4n) is 2.34. The van der Waals surface area contributed by atoms with Crippen LogP contribution in [0.5, 0.6) is 0 Å². The number of rotatable bonds is 5. The molecule has 3 N–H and O–H groups in total. The van der Waals surface area contributed by atoms with Gasteiger partial charge in [0, 0.05) is 17.6 Å². The van der Waals surface area contributed by atoms with E-state index >= 15 is 0 Å². The first-order valence-electron chi connectivity index (χ1n) is 7.80. The van der Waals surface area contributed by atoms with E-state index in [-0.39, 0.29) is 5.56 Å². The molecule has 0 aliphatic heterocycles. The molecule has 0 saturated carbocycles. The van der Waals surface area contributed by atoms with Crippen molar-refractivity contribution in [2.24, 2.45) is 5.10 Å². The first-order chi connectivity index (χ1) is 12.6. The number of aromatic nitrogens is 1. The fraction of sp³-hybridized carbons (Fsp3) is 0. The highest BCUT2D eigenvalue weighted by Gasteiger charge is 2.05. The van der Waals surface area contributed by atoms with E-state index in [1.54, 1.807) is 30.5 Å². The van der Waals surface area contributed by atoms with Crippen molar-refractivity contribution in [2.75, 3.05) is 5.32 Å². The number of nitrogens with one attached hydrogen (secondary N) is 2. The summed E-state index contributed by atoms with van der Waals surface area (Å²) in [6.45, 7) is 0. The highest BCUT2D eigenvalue weighted by Crippen LogP contribution is 2.13. The van der Waals surface area contributed by atoms with Gasteiger partial charge in [0.15, 0.2) is 5.11 Å². The lowest BCUT2D eigenvalue weighted by molar-refractivity contribution is 0.0697. The maximum Gasteiger partial charge on any atom is 0.335 e. The molecule has 0 bridgehead atoms. The van der Waals surface area contributed by atoms with Gasteiger partial charge in [0.25, 0.3) is 0 Å². The van der Waals surface area contributed by atoms with E-state index in [1.807, 2.05) is 53.2 Å². The Morgan fingerprint density at radius 2 is 1.77 bits per heavy atom. The molecular formula is C19H16N4O2S. The number of para-hydroxylation sites is 1. The first kappa shape index (κ1) is 17.4. The number of benzene rings is 2. The Bertz CT molecular complexity index is 934. The number of nitrogens with zero attached hydrogens (tertiary/aromatic N) is 2. The van der Waals surface area contributed by atoms with Crippen LogP contribution in [0.25, 0.3) is 5.69 Å². The van der Waals surface area contributed by atoms with E-state index in [0.29, 0.717) is 5.11 Å². The van der Waals surface area contributed by atoms with Crippen LogP contribution in [0, 0.1) is 0 Å². The predicted molar refractivity (Wildman–Crippen MR) is 106 cm³/mol. The molecule has 0 spiro atoms. The number of hydrogen-bond acceptors (Lipinski definition) is 3. The third kappa shape index (κ3) is 4.34. The van der Waals surface area contributed by atoms with Gasteiger partial charge >= 0.3 is 5.97 Å². The molecule has 0 atom stereocenters. The largest absolute Gasteiger partial charge is 0.478 e. The number of aromatic carboxylic acids is 1. The minimum absolute atomic E-state index is 0.245. The van der Waals surface area contributed by atoms with E-state index in [9.17, 15) is 4.79 Å². The van der Waals surface area contributed by atoms with Gasteiger partial charge < -0.3 is 15.0 Å². The summed E-state index contributed by atoms with van der Waals surface area (Å²) in [4.78, 5) is 10.9. The van der Waals surface area contributed by atoms with Crippen molar-refractivity contribution in [1.82, 2.24) is 9.99 Å². The SMILES string of the molecule is O=C(O)c1ccc(-n2cccc2/C=N/NC(=S)Nc2ccccc2)cc1. The van der Waals surface area contributed by atoms with Crippen molar-refractivity contribution in [3.8, 4) is 5.69 Å². The third-order valence-electron chi connectivity index (χ3n) is 3.57. The Hall–Kier alpha value is -3.45. The summed E-state index contributed by atoms with van der Waals surface area (Å²) >= 11 is 5.20. The van der Waals surface area contributed by atoms with Crippen molar-refractivity contribution in [3.63, 3.8) is 0 Å². The van der Waals surface area contributed by atoms with Gasteiger partial charge in [-0.1, -0.05) is 18.2 Å². The molecule has 0 aliphatic carbocycles. The normalized spacial score (nSPS) is 10.6. The molecule has 130 valence electrons. The number of carbonyl (C=O) groups is 1. The first-order valence-corrected chi connectivity index (χ1v) is 8.20. The van der Waals surface area contributed by atoms with E-state index in [4.69, 9.17) is 17.3 Å². The Morgan fingerprint density at radius 1 is 1.04 bits per heavy atom. The maximum absolute atomic E-state index is 10.9. The lowest BCUT2D eigenvalue weighted by Gasteiger charge is -2.08. The molecule has 2 aromatic carbocycles. The average Bonchev–Trinajstić information content (AvgIpc) is 3.11. The molecular weight excluding hydrogens is 348 g/mol. The minimum atomic E-state index is -0.950. The van der Waals surface area contributed by atoms with Crippen molar-refractivity contribution in [2.45, 2.75) is 0 Å². The van der Waals surface area contributed by atoms with Crippen molar-refractivity contribution in [3.05, 3.63) is 84.2 Å². The summed E-state index contributed by atoms with van der Waals surface area (Å²) in [5, 5.41) is 16.5. The van der Waals surface area contributed by atoms with Crippen LogP contribution in [0.4, 0.5) is 5.69 Å². The van der Waals surface area contributed by atoms with Gasteiger partial charge in [0.1, 0.15) is 0 Å². The van der Waals surface area contributed by atoms with Gasteiger partial charge in [-0.05, 0) is 60.7 Å². The molecule has 3 rings (SSSR count). The lowest BCUT2D eigenvalue weighted by Crippen LogP contribution is -2.23. The molecule has 7 heteroatoms. The molecule has 1 aromatic heterocycles. The van der Waals surface area contributed by atoms with Crippen LogP contribution in [0.15, 0.2) is 78.0 Å². The molecule has 0 radical (unpaired) electrons. The lowest BCUT2D eigenvalue weighted by atomic mass is 10.2. The summed E-state index contributed by atoms with van der Waals surface area (Å²) in [5.41, 5.74) is 5.55. The molecule has 0 saturated heterocycles. The van der Waals surface area contributed by atoms with Gasteiger partial charge in [0.05, 0.1) is 17.5 Å². The van der Waals surface area contributed by atoms with Crippen LogP contribution in [-0.4, -0.2) is 27.0 Å². The predicted octanol–water partition coefficient (Wildman–Crippen LogP) is 3.50. The van der Waals surface area contributed by atoms with Crippen LogP contribution < -0.4 is 10.7 Å². The third-order valence-corrected chi connectivity index (χ3v) is 3.76. The zero-order valence-electron chi connectivity index (χ0n) is 13.7. The zero-order chi connectivity index (χ0) is 18.4. The van der Waals surface area contributed by atoms with Crippen LogP contribution in [0.2, 0.25) is 0 Å². The van der Waals surface area contributed by atoms with Crippen LogP contribution in [0.1, 0.15) is 16.1 Å². The van der Waals surface area contributed by atoms with E-state index in [0.717, 1.165) is 17.1 Å².